The van der Waals surface area contributed by atoms with E-state index in [9.17, 15) is 9.59 Å². The molecule has 1 amide bonds. The number of piperazine rings is 1. The molecule has 5 rings (SSSR count). The number of aryl methyl sites for hydroxylation is 2. The second-order valence-corrected chi connectivity index (χ2v) is 9.15. The first-order valence-corrected chi connectivity index (χ1v) is 12.1. The standard InChI is InChI=1S/C28H29N5O3/c1-18-5-4-6-22-19(2)15-25(31-27(18)22)32-11-13-33(14-12-32)28(35)23-17-26(34)30-24(29-23)16-20-7-9-21(36-3)10-8-20/h4-10,15,17H,11-14,16H2,1-3H3,(H,29,30,34). The number of H-pyrrole nitrogens is 1. The van der Waals surface area contributed by atoms with Gasteiger partial charge in [0.1, 0.15) is 23.1 Å². The zero-order valence-electron chi connectivity index (χ0n) is 20.7. The molecular formula is C28H29N5O3. The van der Waals surface area contributed by atoms with E-state index in [0.29, 0.717) is 38.4 Å². The minimum Gasteiger partial charge on any atom is -0.497 e. The molecule has 1 aliphatic heterocycles. The fourth-order valence-electron chi connectivity index (χ4n) is 4.64. The molecule has 3 heterocycles. The summed E-state index contributed by atoms with van der Waals surface area (Å²) >= 11 is 0. The monoisotopic (exact) mass is 483 g/mol. The summed E-state index contributed by atoms with van der Waals surface area (Å²) in [5, 5.41) is 1.17. The van der Waals surface area contributed by atoms with Crippen molar-refractivity contribution in [1.29, 1.82) is 0 Å². The van der Waals surface area contributed by atoms with Gasteiger partial charge >= 0.3 is 0 Å². The third-order valence-corrected chi connectivity index (χ3v) is 6.67. The van der Waals surface area contributed by atoms with Crippen LogP contribution in [-0.4, -0.2) is 59.0 Å². The minimum absolute atomic E-state index is 0.172. The Morgan fingerprint density at radius 2 is 1.72 bits per heavy atom. The molecule has 0 bridgehead atoms. The summed E-state index contributed by atoms with van der Waals surface area (Å²) in [6, 6.07) is 17.2. The maximum Gasteiger partial charge on any atom is 0.272 e. The average molecular weight is 484 g/mol. The average Bonchev–Trinajstić information content (AvgIpc) is 2.89. The third-order valence-electron chi connectivity index (χ3n) is 6.67. The van der Waals surface area contributed by atoms with E-state index in [1.807, 2.05) is 24.3 Å². The SMILES string of the molecule is COc1ccc(Cc2nc(C(=O)N3CCN(c4cc(C)c5cccc(C)c5n4)CC3)cc(=O)[nH]2)cc1. The van der Waals surface area contributed by atoms with Crippen LogP contribution >= 0.6 is 0 Å². The van der Waals surface area contributed by atoms with Crippen LogP contribution in [0.2, 0.25) is 0 Å². The Morgan fingerprint density at radius 1 is 0.972 bits per heavy atom. The van der Waals surface area contributed by atoms with Crippen molar-refractivity contribution < 1.29 is 9.53 Å². The van der Waals surface area contributed by atoms with Gasteiger partial charge in [0.25, 0.3) is 11.5 Å². The van der Waals surface area contributed by atoms with Gasteiger partial charge in [0.05, 0.1) is 12.6 Å². The van der Waals surface area contributed by atoms with Crippen LogP contribution in [0.5, 0.6) is 5.75 Å². The van der Waals surface area contributed by atoms with Gasteiger partial charge in [0, 0.05) is 44.1 Å². The molecule has 184 valence electrons. The van der Waals surface area contributed by atoms with Crippen molar-refractivity contribution in [3.05, 3.63) is 93.2 Å². The topological polar surface area (TPSA) is 91.4 Å². The van der Waals surface area contributed by atoms with Crippen LogP contribution in [0.3, 0.4) is 0 Å². The summed E-state index contributed by atoms with van der Waals surface area (Å²) in [5.74, 6) is 1.92. The number of nitrogens with zero attached hydrogens (tertiary/aromatic N) is 4. The molecule has 0 saturated carbocycles. The molecule has 2 aromatic carbocycles. The first-order chi connectivity index (χ1) is 17.4. The second-order valence-electron chi connectivity index (χ2n) is 9.15. The van der Waals surface area contributed by atoms with Gasteiger partial charge in [-0.15, -0.1) is 0 Å². The smallest absolute Gasteiger partial charge is 0.272 e. The molecule has 1 N–H and O–H groups in total. The van der Waals surface area contributed by atoms with E-state index in [1.54, 1.807) is 12.0 Å². The summed E-state index contributed by atoms with van der Waals surface area (Å²) < 4.78 is 5.19. The van der Waals surface area contributed by atoms with Crippen molar-refractivity contribution in [1.82, 2.24) is 19.9 Å². The van der Waals surface area contributed by atoms with Crippen LogP contribution < -0.4 is 15.2 Å². The molecule has 2 aromatic heterocycles. The summed E-state index contributed by atoms with van der Waals surface area (Å²) in [6.45, 7) is 6.58. The molecule has 1 fully saturated rings. The fraction of sp³-hybridized carbons (Fsp3) is 0.286. The summed E-state index contributed by atoms with van der Waals surface area (Å²) in [5.41, 5.74) is 4.16. The Labute approximate surface area is 209 Å². The number of benzene rings is 2. The van der Waals surface area contributed by atoms with E-state index in [0.717, 1.165) is 28.2 Å². The number of methoxy groups -OCH3 is 1. The number of aromatic nitrogens is 3. The Balaban J connectivity index is 1.29. The highest BCUT2D eigenvalue weighted by Crippen LogP contribution is 2.25. The maximum absolute atomic E-state index is 13.2. The molecule has 8 heteroatoms. The molecule has 8 nitrogen and oxygen atoms in total. The largest absolute Gasteiger partial charge is 0.497 e. The lowest BCUT2D eigenvalue weighted by Gasteiger charge is -2.35. The summed E-state index contributed by atoms with van der Waals surface area (Å²) in [7, 11) is 1.61. The zero-order valence-corrected chi connectivity index (χ0v) is 20.7. The van der Waals surface area contributed by atoms with Crippen molar-refractivity contribution in [3.63, 3.8) is 0 Å². The van der Waals surface area contributed by atoms with E-state index in [2.05, 4.69) is 53.0 Å². The van der Waals surface area contributed by atoms with Gasteiger partial charge in [-0.2, -0.15) is 0 Å². The van der Waals surface area contributed by atoms with Crippen molar-refractivity contribution >= 4 is 22.6 Å². The number of pyridine rings is 1. The molecule has 0 radical (unpaired) electrons. The number of hydrogen-bond donors (Lipinski definition) is 1. The van der Waals surface area contributed by atoms with E-state index in [-0.39, 0.29) is 17.2 Å². The van der Waals surface area contributed by atoms with Crippen molar-refractivity contribution in [2.45, 2.75) is 20.3 Å². The van der Waals surface area contributed by atoms with Crippen LogP contribution in [0, 0.1) is 13.8 Å². The van der Waals surface area contributed by atoms with Gasteiger partial charge in [-0.1, -0.05) is 30.3 Å². The molecule has 0 atom stereocenters. The van der Waals surface area contributed by atoms with Crippen molar-refractivity contribution in [2.75, 3.05) is 38.2 Å². The first-order valence-electron chi connectivity index (χ1n) is 12.1. The number of rotatable bonds is 5. The third kappa shape index (κ3) is 4.79. The lowest BCUT2D eigenvalue weighted by atomic mass is 10.1. The normalized spacial score (nSPS) is 13.8. The molecule has 0 unspecified atom stereocenters. The minimum atomic E-state index is -0.332. The van der Waals surface area contributed by atoms with Crippen molar-refractivity contribution in [3.8, 4) is 5.75 Å². The predicted octanol–water partition coefficient (Wildman–Crippen LogP) is 3.50. The van der Waals surface area contributed by atoms with E-state index >= 15 is 0 Å². The number of carbonyl (C=O) groups excluding carboxylic acids is 1. The van der Waals surface area contributed by atoms with Crippen molar-refractivity contribution in [2.24, 2.45) is 0 Å². The molecule has 4 aromatic rings. The van der Waals surface area contributed by atoms with Gasteiger partial charge in [-0.3, -0.25) is 9.59 Å². The number of amides is 1. The van der Waals surface area contributed by atoms with Crippen LogP contribution in [0.15, 0.2) is 59.4 Å². The Hall–Kier alpha value is -4.20. The van der Waals surface area contributed by atoms with E-state index in [4.69, 9.17) is 9.72 Å². The van der Waals surface area contributed by atoms with E-state index in [1.165, 1.54) is 17.0 Å². The number of aromatic amines is 1. The second kappa shape index (κ2) is 9.81. The highest BCUT2D eigenvalue weighted by atomic mass is 16.5. The highest BCUT2D eigenvalue weighted by Gasteiger charge is 2.25. The van der Waals surface area contributed by atoms with Crippen LogP contribution in [-0.2, 0) is 6.42 Å². The lowest BCUT2D eigenvalue weighted by Crippen LogP contribution is -2.49. The maximum atomic E-state index is 13.2. The number of carbonyl (C=O) groups is 1. The Morgan fingerprint density at radius 3 is 2.44 bits per heavy atom. The van der Waals surface area contributed by atoms with Gasteiger partial charge < -0.3 is 19.5 Å². The molecule has 0 spiro atoms. The number of para-hydroxylation sites is 1. The van der Waals surface area contributed by atoms with Gasteiger partial charge in [-0.05, 0) is 48.7 Å². The number of fused-ring (bicyclic) bond motifs is 1. The van der Waals surface area contributed by atoms with Gasteiger partial charge in [0.2, 0.25) is 0 Å². The Kier molecular flexibility index (Phi) is 6.41. The zero-order chi connectivity index (χ0) is 25.2. The quantitative estimate of drug-likeness (QED) is 0.467. The highest BCUT2D eigenvalue weighted by molar-refractivity contribution is 5.92. The molecular weight excluding hydrogens is 454 g/mol. The fourth-order valence-corrected chi connectivity index (χ4v) is 4.64. The summed E-state index contributed by atoms with van der Waals surface area (Å²) in [6.07, 6.45) is 0.417. The number of hydrogen-bond acceptors (Lipinski definition) is 6. The summed E-state index contributed by atoms with van der Waals surface area (Å²) in [4.78, 5) is 41.6. The number of ether oxygens (including phenoxy) is 1. The molecule has 1 saturated heterocycles. The number of nitrogens with one attached hydrogen (secondary N) is 1. The van der Waals surface area contributed by atoms with E-state index < -0.39 is 0 Å². The van der Waals surface area contributed by atoms with Crippen LogP contribution in [0.4, 0.5) is 5.82 Å². The van der Waals surface area contributed by atoms with Gasteiger partial charge in [-0.25, -0.2) is 9.97 Å². The first kappa shape index (κ1) is 23.5. The van der Waals surface area contributed by atoms with Gasteiger partial charge in [0.15, 0.2) is 0 Å². The molecule has 1 aliphatic rings. The molecule has 0 aliphatic carbocycles. The van der Waals surface area contributed by atoms with Crippen LogP contribution in [0.1, 0.15) is 33.0 Å². The number of anilines is 1. The Bertz CT molecular complexity index is 1470. The van der Waals surface area contributed by atoms with Crippen LogP contribution in [0.25, 0.3) is 10.9 Å². The predicted molar refractivity (Wildman–Crippen MR) is 140 cm³/mol. The molecule has 36 heavy (non-hydrogen) atoms. The lowest BCUT2D eigenvalue weighted by molar-refractivity contribution is 0.0740.